The van der Waals surface area contributed by atoms with Gasteiger partial charge in [0, 0.05) is 37.6 Å². The van der Waals surface area contributed by atoms with Gasteiger partial charge in [0.1, 0.15) is 17.8 Å². The van der Waals surface area contributed by atoms with Gasteiger partial charge in [-0.25, -0.2) is 9.07 Å². The number of piperazine rings is 1. The molecular weight excluding hydrogens is 395 g/mol. The highest BCUT2D eigenvalue weighted by atomic mass is 19.1. The predicted molar refractivity (Wildman–Crippen MR) is 119 cm³/mol. The number of ether oxygens (including phenoxy) is 1. The van der Waals surface area contributed by atoms with Gasteiger partial charge in [0.2, 0.25) is 5.95 Å². The van der Waals surface area contributed by atoms with Crippen LogP contribution in [0.5, 0.6) is 0 Å². The summed E-state index contributed by atoms with van der Waals surface area (Å²) in [5.41, 5.74) is 4.64. The van der Waals surface area contributed by atoms with Gasteiger partial charge >= 0.3 is 0 Å². The van der Waals surface area contributed by atoms with Gasteiger partial charge in [-0.2, -0.15) is 4.98 Å². The number of hydrogen-bond donors (Lipinski definition) is 1. The van der Waals surface area contributed by atoms with Gasteiger partial charge < -0.3 is 15.0 Å². The zero-order valence-corrected chi connectivity index (χ0v) is 17.9. The molecule has 0 bridgehead atoms. The second kappa shape index (κ2) is 8.28. The largest absolute Gasteiger partial charge is 0.378 e. The molecule has 1 N–H and O–H groups in total. The molecule has 2 aliphatic rings. The molecule has 2 aromatic carbocycles. The van der Waals surface area contributed by atoms with Crippen LogP contribution in [0, 0.1) is 19.7 Å². The molecule has 7 nitrogen and oxygen atoms in total. The Kier molecular flexibility index (Phi) is 5.33. The first-order chi connectivity index (χ1) is 15.0. The molecule has 3 heterocycles. The summed E-state index contributed by atoms with van der Waals surface area (Å²) in [7, 11) is 0. The summed E-state index contributed by atoms with van der Waals surface area (Å²) in [5, 5.41) is 7.69. The minimum atomic E-state index is -0.326. The Morgan fingerprint density at radius 1 is 1.00 bits per heavy atom. The molecule has 0 radical (unpaired) electrons. The SMILES string of the molecule is Cc1cc(Nc2ncn(-c3cc(C)ccc3F)n2)cc(N2CCN(C3COC3)CC2)c1. The van der Waals surface area contributed by atoms with E-state index in [0.717, 1.165) is 50.6 Å². The van der Waals surface area contributed by atoms with E-state index in [-0.39, 0.29) is 5.82 Å². The van der Waals surface area contributed by atoms with E-state index in [9.17, 15) is 4.39 Å². The highest BCUT2D eigenvalue weighted by Crippen LogP contribution is 2.26. The lowest BCUT2D eigenvalue weighted by atomic mass is 10.1. The molecule has 5 rings (SSSR count). The normalized spacial score (nSPS) is 17.6. The first-order valence-corrected chi connectivity index (χ1v) is 10.7. The van der Waals surface area contributed by atoms with Gasteiger partial charge in [-0.05, 0) is 55.3 Å². The van der Waals surface area contributed by atoms with Crippen molar-refractivity contribution in [1.82, 2.24) is 19.7 Å². The fraction of sp³-hybridized carbons (Fsp3) is 0.391. The quantitative estimate of drug-likeness (QED) is 0.681. The smallest absolute Gasteiger partial charge is 0.246 e. The summed E-state index contributed by atoms with van der Waals surface area (Å²) < 4.78 is 21.0. The number of aryl methyl sites for hydroxylation is 2. The lowest BCUT2D eigenvalue weighted by Crippen LogP contribution is -2.56. The third kappa shape index (κ3) is 4.26. The summed E-state index contributed by atoms with van der Waals surface area (Å²) in [6, 6.07) is 11.9. The van der Waals surface area contributed by atoms with Crippen molar-refractivity contribution >= 4 is 17.3 Å². The number of aromatic nitrogens is 3. The van der Waals surface area contributed by atoms with Gasteiger partial charge in [-0.15, -0.1) is 5.10 Å². The predicted octanol–water partition coefficient (Wildman–Crippen LogP) is 3.29. The van der Waals surface area contributed by atoms with Crippen molar-refractivity contribution in [2.75, 3.05) is 49.6 Å². The minimum absolute atomic E-state index is 0.326. The third-order valence-corrected chi connectivity index (χ3v) is 5.97. The molecule has 2 fully saturated rings. The Morgan fingerprint density at radius 2 is 1.81 bits per heavy atom. The average Bonchev–Trinajstić information content (AvgIpc) is 3.17. The number of hydrogen-bond acceptors (Lipinski definition) is 6. The van der Waals surface area contributed by atoms with Gasteiger partial charge in [0.15, 0.2) is 0 Å². The van der Waals surface area contributed by atoms with Crippen LogP contribution < -0.4 is 10.2 Å². The number of anilines is 3. The van der Waals surface area contributed by atoms with Gasteiger partial charge in [0.05, 0.1) is 19.3 Å². The molecule has 162 valence electrons. The maximum absolute atomic E-state index is 14.2. The Bertz CT molecular complexity index is 1070. The molecule has 8 heteroatoms. The first-order valence-electron chi connectivity index (χ1n) is 10.7. The van der Waals surface area contributed by atoms with Crippen molar-refractivity contribution in [2.24, 2.45) is 0 Å². The second-order valence-corrected chi connectivity index (χ2v) is 8.36. The lowest BCUT2D eigenvalue weighted by molar-refractivity contribution is -0.0660. The molecular formula is C23H27FN6O. The molecule has 3 aromatic rings. The molecule has 2 aliphatic heterocycles. The monoisotopic (exact) mass is 422 g/mol. The molecule has 0 atom stereocenters. The van der Waals surface area contributed by atoms with Crippen molar-refractivity contribution in [3.63, 3.8) is 0 Å². The van der Waals surface area contributed by atoms with E-state index in [4.69, 9.17) is 4.74 Å². The number of halogens is 1. The van der Waals surface area contributed by atoms with E-state index in [2.05, 4.69) is 50.3 Å². The van der Waals surface area contributed by atoms with Crippen molar-refractivity contribution in [3.05, 3.63) is 59.7 Å². The molecule has 0 spiro atoms. The number of nitrogens with one attached hydrogen (secondary N) is 1. The molecule has 0 amide bonds. The maximum Gasteiger partial charge on any atom is 0.246 e. The van der Waals surface area contributed by atoms with E-state index >= 15 is 0 Å². The zero-order chi connectivity index (χ0) is 21.4. The highest BCUT2D eigenvalue weighted by molar-refractivity contribution is 5.64. The van der Waals surface area contributed by atoms with E-state index in [0.29, 0.717) is 17.7 Å². The number of nitrogens with zero attached hydrogens (tertiary/aromatic N) is 5. The lowest BCUT2D eigenvalue weighted by Gasteiger charge is -2.43. The average molecular weight is 423 g/mol. The second-order valence-electron chi connectivity index (χ2n) is 8.36. The maximum atomic E-state index is 14.2. The van der Waals surface area contributed by atoms with Crippen LogP contribution in [0.15, 0.2) is 42.7 Å². The van der Waals surface area contributed by atoms with Crippen LogP contribution in [-0.2, 0) is 4.74 Å². The van der Waals surface area contributed by atoms with E-state index in [1.807, 2.05) is 6.92 Å². The minimum Gasteiger partial charge on any atom is -0.378 e. The summed E-state index contributed by atoms with van der Waals surface area (Å²) in [6.45, 7) is 9.85. The molecule has 2 saturated heterocycles. The van der Waals surface area contributed by atoms with Crippen LogP contribution in [0.4, 0.5) is 21.7 Å². The Labute approximate surface area is 181 Å². The molecule has 31 heavy (non-hydrogen) atoms. The molecule has 0 unspecified atom stereocenters. The van der Waals surface area contributed by atoms with E-state index < -0.39 is 0 Å². The first kappa shape index (κ1) is 20.0. The third-order valence-electron chi connectivity index (χ3n) is 5.97. The summed E-state index contributed by atoms with van der Waals surface area (Å²) >= 11 is 0. The van der Waals surface area contributed by atoms with Crippen LogP contribution in [0.25, 0.3) is 5.69 Å². The fourth-order valence-corrected chi connectivity index (χ4v) is 4.16. The summed E-state index contributed by atoms with van der Waals surface area (Å²) in [6.07, 6.45) is 1.53. The van der Waals surface area contributed by atoms with E-state index in [1.54, 1.807) is 12.1 Å². The molecule has 1 aromatic heterocycles. The number of benzene rings is 2. The van der Waals surface area contributed by atoms with Gasteiger partial charge in [-0.3, -0.25) is 4.90 Å². The Morgan fingerprint density at radius 3 is 2.55 bits per heavy atom. The van der Waals surface area contributed by atoms with Crippen LogP contribution >= 0.6 is 0 Å². The van der Waals surface area contributed by atoms with Gasteiger partial charge in [0.25, 0.3) is 0 Å². The van der Waals surface area contributed by atoms with Crippen molar-refractivity contribution in [3.8, 4) is 5.69 Å². The standard InChI is InChI=1S/C23H27FN6O/c1-16-3-4-21(24)22(11-16)30-15-25-23(27-30)26-18-9-17(2)10-19(12-18)28-5-7-29(8-6-28)20-13-31-14-20/h3-4,9-12,15,20H,5-8,13-14H2,1-2H3,(H,26,27). The van der Waals surface area contributed by atoms with Crippen molar-refractivity contribution < 1.29 is 9.13 Å². The Hall–Kier alpha value is -2.97. The fourth-order valence-electron chi connectivity index (χ4n) is 4.16. The topological polar surface area (TPSA) is 58.5 Å². The van der Waals surface area contributed by atoms with Crippen LogP contribution in [-0.4, -0.2) is 65.1 Å². The van der Waals surface area contributed by atoms with Crippen LogP contribution in [0.1, 0.15) is 11.1 Å². The molecule has 0 saturated carbocycles. The van der Waals surface area contributed by atoms with E-state index in [1.165, 1.54) is 28.3 Å². The van der Waals surface area contributed by atoms with Crippen LogP contribution in [0.2, 0.25) is 0 Å². The Balaban J connectivity index is 1.30. The van der Waals surface area contributed by atoms with Crippen LogP contribution in [0.3, 0.4) is 0 Å². The number of rotatable bonds is 5. The zero-order valence-electron chi connectivity index (χ0n) is 17.9. The van der Waals surface area contributed by atoms with Gasteiger partial charge in [-0.1, -0.05) is 6.07 Å². The highest BCUT2D eigenvalue weighted by Gasteiger charge is 2.29. The van der Waals surface area contributed by atoms with Crippen molar-refractivity contribution in [2.45, 2.75) is 19.9 Å². The molecule has 0 aliphatic carbocycles. The summed E-state index contributed by atoms with van der Waals surface area (Å²) in [4.78, 5) is 9.26. The van der Waals surface area contributed by atoms with Crippen molar-refractivity contribution in [1.29, 1.82) is 0 Å². The summed E-state index contributed by atoms with van der Waals surface area (Å²) in [5.74, 6) is 0.111.